The van der Waals surface area contributed by atoms with Crippen molar-refractivity contribution < 1.29 is 9.50 Å². The lowest BCUT2D eigenvalue weighted by atomic mass is 9.91. The van der Waals surface area contributed by atoms with Gasteiger partial charge in [0.15, 0.2) is 0 Å². The van der Waals surface area contributed by atoms with Crippen molar-refractivity contribution in [2.45, 2.75) is 50.8 Å². The fourth-order valence-electron chi connectivity index (χ4n) is 2.50. The summed E-state index contributed by atoms with van der Waals surface area (Å²) in [6, 6.07) is 6.85. The molecule has 1 aliphatic carbocycles. The second-order valence-electron chi connectivity index (χ2n) is 4.90. The van der Waals surface area contributed by atoms with E-state index in [1.807, 2.05) is 13.0 Å². The highest BCUT2D eigenvalue weighted by Crippen LogP contribution is 2.22. The van der Waals surface area contributed by atoms with Crippen molar-refractivity contribution >= 4 is 0 Å². The Balaban J connectivity index is 1.98. The first kappa shape index (κ1) is 12.5. The van der Waals surface area contributed by atoms with Crippen molar-refractivity contribution in [1.29, 1.82) is 0 Å². The Morgan fingerprint density at radius 1 is 1.35 bits per heavy atom. The molecular weight excluding hydrogens is 217 g/mol. The summed E-state index contributed by atoms with van der Waals surface area (Å²) in [5.74, 6) is -0.208. The molecule has 0 radical (unpaired) electrons. The minimum absolute atomic E-state index is 0.0726. The summed E-state index contributed by atoms with van der Waals surface area (Å²) in [7, 11) is 0. The van der Waals surface area contributed by atoms with E-state index in [2.05, 4.69) is 5.32 Å². The molecule has 94 valence electrons. The zero-order chi connectivity index (χ0) is 12.3. The molecule has 2 rings (SSSR count). The molecule has 1 aromatic rings. The quantitative estimate of drug-likeness (QED) is 0.847. The van der Waals surface area contributed by atoms with Gasteiger partial charge < -0.3 is 10.4 Å². The largest absolute Gasteiger partial charge is 0.392 e. The number of halogens is 1. The molecule has 1 unspecified atom stereocenters. The molecule has 2 N–H and O–H groups in total. The van der Waals surface area contributed by atoms with Gasteiger partial charge in [-0.3, -0.25) is 0 Å². The molecule has 1 fully saturated rings. The van der Waals surface area contributed by atoms with E-state index in [-0.39, 0.29) is 24.0 Å². The molecule has 3 atom stereocenters. The fourth-order valence-corrected chi connectivity index (χ4v) is 2.50. The van der Waals surface area contributed by atoms with Crippen LogP contribution >= 0.6 is 0 Å². The molecule has 17 heavy (non-hydrogen) atoms. The molecule has 2 nitrogen and oxygen atoms in total. The molecule has 1 aliphatic rings. The third kappa shape index (κ3) is 3.27. The predicted molar refractivity (Wildman–Crippen MR) is 66.2 cm³/mol. The Labute approximate surface area is 102 Å². The van der Waals surface area contributed by atoms with Crippen molar-refractivity contribution in [2.24, 2.45) is 0 Å². The Bertz CT molecular complexity index is 369. The molecule has 0 aromatic heterocycles. The van der Waals surface area contributed by atoms with Gasteiger partial charge >= 0.3 is 0 Å². The third-order valence-corrected chi connectivity index (χ3v) is 3.54. The highest BCUT2D eigenvalue weighted by Gasteiger charge is 2.24. The Morgan fingerprint density at radius 3 is 2.82 bits per heavy atom. The summed E-state index contributed by atoms with van der Waals surface area (Å²) in [6.45, 7) is 2.01. The normalized spacial score (nSPS) is 26.8. The van der Waals surface area contributed by atoms with Crippen LogP contribution < -0.4 is 5.32 Å². The van der Waals surface area contributed by atoms with Gasteiger partial charge in [-0.2, -0.15) is 0 Å². The van der Waals surface area contributed by atoms with Crippen LogP contribution in [0.5, 0.6) is 0 Å². The summed E-state index contributed by atoms with van der Waals surface area (Å²) in [6.07, 6.45) is 3.87. The van der Waals surface area contributed by atoms with Crippen molar-refractivity contribution in [3.05, 3.63) is 35.6 Å². The van der Waals surface area contributed by atoms with E-state index in [0.29, 0.717) is 0 Å². The molecule has 0 saturated heterocycles. The monoisotopic (exact) mass is 237 g/mol. The topological polar surface area (TPSA) is 32.3 Å². The van der Waals surface area contributed by atoms with Crippen LogP contribution in [0.4, 0.5) is 4.39 Å². The molecule has 0 amide bonds. The van der Waals surface area contributed by atoms with E-state index in [9.17, 15) is 9.50 Å². The minimum atomic E-state index is -0.264. The van der Waals surface area contributed by atoms with Gasteiger partial charge in [-0.1, -0.05) is 25.0 Å². The van der Waals surface area contributed by atoms with Crippen LogP contribution in [-0.2, 0) is 0 Å². The molecule has 1 aromatic carbocycles. The molecule has 0 heterocycles. The highest BCUT2D eigenvalue weighted by atomic mass is 19.1. The van der Waals surface area contributed by atoms with Crippen LogP contribution in [0, 0.1) is 5.82 Å². The Kier molecular flexibility index (Phi) is 4.13. The van der Waals surface area contributed by atoms with Crippen molar-refractivity contribution in [3.63, 3.8) is 0 Å². The van der Waals surface area contributed by atoms with Crippen molar-refractivity contribution in [2.75, 3.05) is 0 Å². The number of benzene rings is 1. The van der Waals surface area contributed by atoms with Gasteiger partial charge in [-0.05, 0) is 37.5 Å². The van der Waals surface area contributed by atoms with E-state index in [0.717, 1.165) is 31.2 Å². The van der Waals surface area contributed by atoms with Crippen molar-refractivity contribution in [3.8, 4) is 0 Å². The average Bonchev–Trinajstić information content (AvgIpc) is 2.32. The summed E-state index contributed by atoms with van der Waals surface area (Å²) in [4.78, 5) is 0. The zero-order valence-corrected chi connectivity index (χ0v) is 10.2. The predicted octanol–water partition coefficient (Wildman–Crippen LogP) is 2.78. The van der Waals surface area contributed by atoms with Gasteiger partial charge in [0, 0.05) is 12.1 Å². The lowest BCUT2D eigenvalue weighted by Gasteiger charge is -2.31. The van der Waals surface area contributed by atoms with E-state index >= 15 is 0 Å². The SMILES string of the molecule is CC(N[C@@H]1CCCC[C@H]1O)c1cccc(F)c1. The summed E-state index contributed by atoms with van der Waals surface area (Å²) < 4.78 is 13.1. The maximum absolute atomic E-state index is 13.1. The number of rotatable bonds is 3. The molecule has 3 heteroatoms. The van der Waals surface area contributed by atoms with Gasteiger partial charge in [-0.25, -0.2) is 4.39 Å². The van der Waals surface area contributed by atoms with E-state index in [4.69, 9.17) is 0 Å². The fraction of sp³-hybridized carbons (Fsp3) is 0.571. The standard InChI is InChI=1S/C14H20FNO/c1-10(11-5-4-6-12(15)9-11)16-13-7-2-3-8-14(13)17/h4-6,9-10,13-14,16-17H,2-3,7-8H2,1H3/t10?,13-,14-/m1/s1. The number of aliphatic hydroxyl groups is 1. The first-order valence-electron chi connectivity index (χ1n) is 6.36. The summed E-state index contributed by atoms with van der Waals surface area (Å²) >= 11 is 0. The van der Waals surface area contributed by atoms with Crippen LogP contribution in [0.15, 0.2) is 24.3 Å². The molecule has 0 spiro atoms. The Hall–Kier alpha value is -0.930. The van der Waals surface area contributed by atoms with Crippen LogP contribution in [0.1, 0.15) is 44.2 Å². The highest BCUT2D eigenvalue weighted by molar-refractivity contribution is 5.19. The van der Waals surface area contributed by atoms with Gasteiger partial charge in [0.05, 0.1) is 6.10 Å². The van der Waals surface area contributed by atoms with Gasteiger partial charge in [-0.15, -0.1) is 0 Å². The second kappa shape index (κ2) is 5.61. The second-order valence-corrected chi connectivity index (χ2v) is 4.90. The van der Waals surface area contributed by atoms with Gasteiger partial charge in [0.25, 0.3) is 0 Å². The first-order valence-corrected chi connectivity index (χ1v) is 6.36. The first-order chi connectivity index (χ1) is 8.16. The summed E-state index contributed by atoms with van der Waals surface area (Å²) in [5, 5.41) is 13.3. The number of hydrogen-bond donors (Lipinski definition) is 2. The van der Waals surface area contributed by atoms with Crippen LogP contribution in [-0.4, -0.2) is 17.3 Å². The van der Waals surface area contributed by atoms with Crippen LogP contribution in [0.2, 0.25) is 0 Å². The van der Waals surface area contributed by atoms with Gasteiger partial charge in [0.1, 0.15) is 5.82 Å². The molecule has 0 bridgehead atoms. The number of aliphatic hydroxyl groups excluding tert-OH is 1. The number of nitrogens with one attached hydrogen (secondary N) is 1. The van der Waals surface area contributed by atoms with Crippen LogP contribution in [0.25, 0.3) is 0 Å². The maximum atomic E-state index is 13.1. The van der Waals surface area contributed by atoms with Gasteiger partial charge in [0.2, 0.25) is 0 Å². The zero-order valence-electron chi connectivity index (χ0n) is 10.2. The maximum Gasteiger partial charge on any atom is 0.123 e. The van der Waals surface area contributed by atoms with Crippen LogP contribution in [0.3, 0.4) is 0 Å². The lowest BCUT2D eigenvalue weighted by molar-refractivity contribution is 0.0859. The summed E-state index contributed by atoms with van der Waals surface area (Å²) in [5.41, 5.74) is 0.933. The Morgan fingerprint density at radius 2 is 2.12 bits per heavy atom. The van der Waals surface area contributed by atoms with E-state index < -0.39 is 0 Å². The molecule has 1 saturated carbocycles. The molecule has 0 aliphatic heterocycles. The number of hydrogen-bond acceptors (Lipinski definition) is 2. The van der Waals surface area contributed by atoms with E-state index in [1.54, 1.807) is 12.1 Å². The molecular formula is C14H20FNO. The average molecular weight is 237 g/mol. The lowest BCUT2D eigenvalue weighted by Crippen LogP contribution is -2.43. The smallest absolute Gasteiger partial charge is 0.123 e. The van der Waals surface area contributed by atoms with E-state index in [1.165, 1.54) is 6.07 Å². The minimum Gasteiger partial charge on any atom is -0.392 e. The van der Waals surface area contributed by atoms with Crippen molar-refractivity contribution in [1.82, 2.24) is 5.32 Å². The third-order valence-electron chi connectivity index (χ3n) is 3.54.